The predicted octanol–water partition coefficient (Wildman–Crippen LogP) is 3.77. The Labute approximate surface area is 211 Å². The highest BCUT2D eigenvalue weighted by Gasteiger charge is 2.38. The molecule has 0 saturated carbocycles. The number of nitrogens with one attached hydrogen (secondary N) is 2. The zero-order valence-electron chi connectivity index (χ0n) is 19.7. The van der Waals surface area contributed by atoms with E-state index in [1.807, 2.05) is 0 Å². The second-order valence-electron chi connectivity index (χ2n) is 8.05. The number of carbonyl (C=O) groups excluding carboxylic acids is 4. The van der Waals surface area contributed by atoms with E-state index in [9.17, 15) is 29.3 Å². The minimum atomic E-state index is -1.22. The average Bonchev–Trinajstić information content (AvgIpc) is 2.89. The maximum atomic E-state index is 13.5. The van der Waals surface area contributed by atoms with Crippen molar-refractivity contribution in [2.24, 2.45) is 0 Å². The Kier molecular flexibility index (Phi) is 7.23. The third kappa shape index (κ3) is 5.45. The summed E-state index contributed by atoms with van der Waals surface area (Å²) >= 11 is 0. The van der Waals surface area contributed by atoms with Gasteiger partial charge in [0.2, 0.25) is 11.8 Å². The van der Waals surface area contributed by atoms with Gasteiger partial charge in [-0.05, 0) is 49.4 Å². The van der Waals surface area contributed by atoms with Gasteiger partial charge >= 0.3 is 5.97 Å². The minimum absolute atomic E-state index is 0.00124. The van der Waals surface area contributed by atoms with Gasteiger partial charge in [-0.25, -0.2) is 4.79 Å². The van der Waals surface area contributed by atoms with Crippen molar-refractivity contribution < 1.29 is 28.8 Å². The van der Waals surface area contributed by atoms with Crippen LogP contribution in [0, 0.1) is 10.1 Å². The second-order valence-corrected chi connectivity index (χ2v) is 8.05. The van der Waals surface area contributed by atoms with Crippen molar-refractivity contribution in [2.45, 2.75) is 19.4 Å². The van der Waals surface area contributed by atoms with E-state index in [1.54, 1.807) is 31.2 Å². The van der Waals surface area contributed by atoms with E-state index in [1.165, 1.54) is 47.4 Å². The van der Waals surface area contributed by atoms with Crippen LogP contribution in [0.25, 0.3) is 0 Å². The first-order chi connectivity index (χ1) is 17.8. The topological polar surface area (TPSA) is 148 Å². The Morgan fingerprint density at radius 3 is 2.46 bits per heavy atom. The zero-order valence-corrected chi connectivity index (χ0v) is 19.7. The lowest BCUT2D eigenvalue weighted by Crippen LogP contribution is -2.52. The van der Waals surface area contributed by atoms with Crippen LogP contribution in [-0.2, 0) is 14.3 Å². The van der Waals surface area contributed by atoms with E-state index in [2.05, 4.69) is 10.6 Å². The third-order valence-corrected chi connectivity index (χ3v) is 5.62. The molecule has 3 aromatic carbocycles. The van der Waals surface area contributed by atoms with Gasteiger partial charge in [0.15, 0.2) is 0 Å². The number of hydrogen-bond acceptors (Lipinski definition) is 7. The van der Waals surface area contributed by atoms with Crippen LogP contribution in [0.1, 0.15) is 34.1 Å². The molecule has 1 atom stereocenters. The summed E-state index contributed by atoms with van der Waals surface area (Å²) < 4.78 is 4.94. The van der Waals surface area contributed by atoms with Gasteiger partial charge in [-0.1, -0.05) is 18.2 Å². The molecule has 3 aromatic rings. The summed E-state index contributed by atoms with van der Waals surface area (Å²) in [6.07, 6.45) is -0.388. The van der Waals surface area contributed by atoms with Crippen LogP contribution in [0.5, 0.6) is 0 Å². The van der Waals surface area contributed by atoms with Gasteiger partial charge in [0, 0.05) is 23.4 Å². The molecule has 1 aliphatic rings. The highest BCUT2D eigenvalue weighted by Crippen LogP contribution is 2.34. The van der Waals surface area contributed by atoms with Crippen LogP contribution in [-0.4, -0.2) is 41.3 Å². The fourth-order valence-corrected chi connectivity index (χ4v) is 3.91. The van der Waals surface area contributed by atoms with Crippen LogP contribution in [0.3, 0.4) is 0 Å². The number of amides is 3. The first kappa shape index (κ1) is 25.0. The molecule has 0 aromatic heterocycles. The number of esters is 1. The lowest BCUT2D eigenvalue weighted by molar-refractivity contribution is -0.384. The highest BCUT2D eigenvalue weighted by molar-refractivity contribution is 6.18. The first-order valence-electron chi connectivity index (χ1n) is 11.3. The number of rotatable bonds is 7. The standard InChI is InChI=1S/C26H22N4O7/c1-2-37-26(34)16-10-12-18(13-11-16)27-23(31)15-22-24(32)28-20-8-3-4-9-21(20)29(22)25(33)17-6-5-7-19(14-17)30(35)36/h3-14,22H,2,15H2,1H3,(H,27,31)(H,28,32). The Bertz CT molecular complexity index is 1390. The molecule has 0 fully saturated rings. The molecule has 0 spiro atoms. The smallest absolute Gasteiger partial charge is 0.338 e. The van der Waals surface area contributed by atoms with Gasteiger partial charge < -0.3 is 15.4 Å². The molecule has 1 heterocycles. The van der Waals surface area contributed by atoms with E-state index in [4.69, 9.17) is 4.74 Å². The summed E-state index contributed by atoms with van der Waals surface area (Å²) in [4.78, 5) is 63.0. The number of benzene rings is 3. The number of hydrogen-bond donors (Lipinski definition) is 2. The average molecular weight is 502 g/mol. The molecule has 4 rings (SSSR count). The monoisotopic (exact) mass is 502 g/mol. The molecule has 1 aliphatic heterocycles. The SMILES string of the molecule is CCOC(=O)c1ccc(NC(=O)CC2C(=O)Nc3ccccc3N2C(=O)c2cccc([N+](=O)[O-])c2)cc1. The maximum Gasteiger partial charge on any atom is 0.338 e. The lowest BCUT2D eigenvalue weighted by Gasteiger charge is -2.36. The van der Waals surface area contributed by atoms with E-state index in [0.29, 0.717) is 22.6 Å². The summed E-state index contributed by atoms with van der Waals surface area (Å²) in [5.74, 6) is -2.29. The quantitative estimate of drug-likeness (QED) is 0.284. The van der Waals surface area contributed by atoms with E-state index < -0.39 is 34.7 Å². The number of non-ortho nitro benzene ring substituents is 1. The van der Waals surface area contributed by atoms with Crippen molar-refractivity contribution in [3.8, 4) is 0 Å². The third-order valence-electron chi connectivity index (χ3n) is 5.62. The van der Waals surface area contributed by atoms with Gasteiger partial charge in [0.25, 0.3) is 11.6 Å². The fraction of sp³-hybridized carbons (Fsp3) is 0.154. The maximum absolute atomic E-state index is 13.5. The normalized spacial score (nSPS) is 14.2. The van der Waals surface area contributed by atoms with Gasteiger partial charge in [0.05, 0.1) is 34.9 Å². The van der Waals surface area contributed by atoms with Crippen molar-refractivity contribution in [3.63, 3.8) is 0 Å². The van der Waals surface area contributed by atoms with Gasteiger partial charge in [-0.3, -0.25) is 29.4 Å². The fourth-order valence-electron chi connectivity index (χ4n) is 3.91. The second kappa shape index (κ2) is 10.7. The van der Waals surface area contributed by atoms with E-state index in [0.717, 1.165) is 6.07 Å². The molecule has 1 unspecified atom stereocenters. The summed E-state index contributed by atoms with van der Waals surface area (Å²) in [5.41, 5.74) is 1.15. The molecular formula is C26H22N4O7. The van der Waals surface area contributed by atoms with E-state index in [-0.39, 0.29) is 24.3 Å². The number of anilines is 3. The van der Waals surface area contributed by atoms with Gasteiger partial charge in [0.1, 0.15) is 6.04 Å². The highest BCUT2D eigenvalue weighted by atomic mass is 16.6. The molecule has 188 valence electrons. The van der Waals surface area contributed by atoms with Crippen molar-refractivity contribution in [2.75, 3.05) is 22.1 Å². The Morgan fingerprint density at radius 1 is 1.03 bits per heavy atom. The molecule has 37 heavy (non-hydrogen) atoms. The van der Waals surface area contributed by atoms with Crippen LogP contribution in [0.4, 0.5) is 22.7 Å². The van der Waals surface area contributed by atoms with Crippen LogP contribution in [0.2, 0.25) is 0 Å². The van der Waals surface area contributed by atoms with Crippen molar-refractivity contribution >= 4 is 46.4 Å². The minimum Gasteiger partial charge on any atom is -0.462 e. The zero-order chi connectivity index (χ0) is 26.5. The number of carbonyl (C=O) groups is 4. The van der Waals surface area contributed by atoms with Crippen LogP contribution >= 0.6 is 0 Å². The van der Waals surface area contributed by atoms with Gasteiger partial charge in [-0.2, -0.15) is 0 Å². The molecule has 11 nitrogen and oxygen atoms in total. The number of fused-ring (bicyclic) bond motifs is 1. The number of ether oxygens (including phenoxy) is 1. The van der Waals surface area contributed by atoms with Crippen molar-refractivity contribution in [1.82, 2.24) is 0 Å². The van der Waals surface area contributed by atoms with Crippen LogP contribution < -0.4 is 15.5 Å². The number of nitrogens with zero attached hydrogens (tertiary/aromatic N) is 2. The molecular weight excluding hydrogens is 480 g/mol. The first-order valence-corrected chi connectivity index (χ1v) is 11.3. The van der Waals surface area contributed by atoms with Crippen LogP contribution in [0.15, 0.2) is 72.8 Å². The van der Waals surface area contributed by atoms with Crippen molar-refractivity contribution in [3.05, 3.63) is 94.0 Å². The summed E-state index contributed by atoms with van der Waals surface area (Å²) in [7, 11) is 0. The molecule has 0 aliphatic carbocycles. The predicted molar refractivity (Wildman–Crippen MR) is 134 cm³/mol. The summed E-state index contributed by atoms with van der Waals surface area (Å²) in [5, 5.41) is 16.6. The molecule has 0 radical (unpaired) electrons. The molecule has 2 N–H and O–H groups in total. The van der Waals surface area contributed by atoms with Crippen molar-refractivity contribution in [1.29, 1.82) is 0 Å². The molecule has 0 bridgehead atoms. The molecule has 0 saturated heterocycles. The number of para-hydroxylation sites is 2. The Balaban J connectivity index is 1.59. The molecule has 11 heteroatoms. The Morgan fingerprint density at radius 2 is 1.76 bits per heavy atom. The molecule has 3 amide bonds. The van der Waals surface area contributed by atoms with E-state index >= 15 is 0 Å². The largest absolute Gasteiger partial charge is 0.462 e. The van der Waals surface area contributed by atoms with Gasteiger partial charge in [-0.15, -0.1) is 0 Å². The number of nitro groups is 1. The number of nitro benzene ring substituents is 1. The summed E-state index contributed by atoms with van der Waals surface area (Å²) in [6.45, 7) is 1.93. The lowest BCUT2D eigenvalue weighted by atomic mass is 10.0. The summed E-state index contributed by atoms with van der Waals surface area (Å²) in [6, 6.07) is 16.6. The Hall–Kier alpha value is -5.06.